The van der Waals surface area contributed by atoms with Crippen molar-refractivity contribution in [2.24, 2.45) is 0 Å². The molecule has 188 valence electrons. The van der Waals surface area contributed by atoms with Crippen molar-refractivity contribution in [3.8, 4) is 11.5 Å². The molecule has 1 N–H and O–H groups in total. The number of ether oxygens (including phenoxy) is 2. The second-order valence-electron chi connectivity index (χ2n) is 8.91. The summed E-state index contributed by atoms with van der Waals surface area (Å²) in [5.74, 6) is 1.000. The molecule has 2 heterocycles. The molecule has 2 aromatic carbocycles. The van der Waals surface area contributed by atoms with E-state index in [9.17, 15) is 9.59 Å². The van der Waals surface area contributed by atoms with Crippen LogP contribution < -0.4 is 19.7 Å². The number of hydrogen-bond donors (Lipinski definition) is 1. The molecule has 1 saturated heterocycles. The zero-order valence-electron chi connectivity index (χ0n) is 19.9. The van der Waals surface area contributed by atoms with Crippen LogP contribution in [0.15, 0.2) is 36.4 Å². The summed E-state index contributed by atoms with van der Waals surface area (Å²) in [6.45, 7) is 5.70. The summed E-state index contributed by atoms with van der Waals surface area (Å²) in [6, 6.07) is 10.5. The highest BCUT2D eigenvalue weighted by Crippen LogP contribution is 2.36. The van der Waals surface area contributed by atoms with Crippen molar-refractivity contribution in [2.75, 3.05) is 43.0 Å². The fourth-order valence-corrected chi connectivity index (χ4v) is 4.83. The van der Waals surface area contributed by atoms with Gasteiger partial charge in [0, 0.05) is 30.2 Å². The van der Waals surface area contributed by atoms with Crippen molar-refractivity contribution in [2.45, 2.75) is 45.1 Å². The van der Waals surface area contributed by atoms with E-state index in [1.165, 1.54) is 19.3 Å². The number of hydrogen-bond acceptors (Lipinski definition) is 5. The first-order valence-electron chi connectivity index (χ1n) is 12.1. The number of nitrogens with one attached hydrogen (secondary N) is 1. The highest BCUT2D eigenvalue weighted by Gasteiger charge is 2.32. The maximum absolute atomic E-state index is 12.9. The quantitative estimate of drug-likeness (QED) is 0.449. The van der Waals surface area contributed by atoms with Crippen LogP contribution in [0.25, 0.3) is 0 Å². The van der Waals surface area contributed by atoms with Crippen molar-refractivity contribution in [1.29, 1.82) is 0 Å². The van der Waals surface area contributed by atoms with Gasteiger partial charge in [-0.1, -0.05) is 29.6 Å². The number of anilines is 2. The van der Waals surface area contributed by atoms with Gasteiger partial charge in [0.05, 0.1) is 17.3 Å². The highest BCUT2D eigenvalue weighted by atomic mass is 35.5. The molecule has 1 atom stereocenters. The van der Waals surface area contributed by atoms with Crippen LogP contribution >= 0.6 is 23.2 Å². The lowest BCUT2D eigenvalue weighted by Crippen LogP contribution is -2.48. The van der Waals surface area contributed by atoms with Gasteiger partial charge < -0.3 is 24.6 Å². The Labute approximate surface area is 216 Å². The fraction of sp³-hybridized carbons (Fsp3) is 0.462. The van der Waals surface area contributed by atoms with E-state index >= 15 is 0 Å². The third-order valence-electron chi connectivity index (χ3n) is 6.24. The van der Waals surface area contributed by atoms with Crippen molar-refractivity contribution in [1.82, 2.24) is 4.90 Å². The molecule has 0 aliphatic carbocycles. The van der Waals surface area contributed by atoms with Crippen LogP contribution in [0.5, 0.6) is 11.5 Å². The molecule has 35 heavy (non-hydrogen) atoms. The third kappa shape index (κ3) is 6.81. The van der Waals surface area contributed by atoms with Gasteiger partial charge >= 0.3 is 0 Å². The minimum atomic E-state index is -0.529. The summed E-state index contributed by atoms with van der Waals surface area (Å²) < 4.78 is 11.5. The number of amides is 2. The van der Waals surface area contributed by atoms with Gasteiger partial charge in [-0.25, -0.2) is 0 Å². The highest BCUT2D eigenvalue weighted by molar-refractivity contribution is 6.35. The summed E-state index contributed by atoms with van der Waals surface area (Å²) in [6.07, 6.45) is 3.97. The minimum Gasteiger partial charge on any atom is -0.492 e. The number of nitrogens with zero attached hydrogens (tertiary/aromatic N) is 2. The normalized spacial score (nSPS) is 18.1. The Morgan fingerprint density at radius 2 is 1.91 bits per heavy atom. The molecule has 2 aliphatic rings. The first kappa shape index (κ1) is 25.6. The van der Waals surface area contributed by atoms with Gasteiger partial charge in [-0.3, -0.25) is 9.59 Å². The Bertz CT molecular complexity index is 1060. The number of piperidine rings is 1. The molecule has 4 rings (SSSR count). The van der Waals surface area contributed by atoms with Gasteiger partial charge in [-0.05, 0) is 75.7 Å². The van der Waals surface area contributed by atoms with E-state index in [-0.39, 0.29) is 18.2 Å². The van der Waals surface area contributed by atoms with Crippen LogP contribution in [0.3, 0.4) is 0 Å². The van der Waals surface area contributed by atoms with Crippen LogP contribution in [-0.4, -0.2) is 55.6 Å². The molecule has 0 saturated carbocycles. The van der Waals surface area contributed by atoms with Crippen molar-refractivity contribution in [3.05, 3.63) is 46.4 Å². The van der Waals surface area contributed by atoms with Crippen LogP contribution in [0.2, 0.25) is 10.0 Å². The summed E-state index contributed by atoms with van der Waals surface area (Å²) in [4.78, 5) is 29.6. The molecule has 2 amide bonds. The lowest BCUT2D eigenvalue weighted by atomic mass is 10.1. The van der Waals surface area contributed by atoms with Crippen molar-refractivity contribution >= 4 is 46.4 Å². The summed E-state index contributed by atoms with van der Waals surface area (Å²) in [5, 5.41) is 3.90. The number of carbonyl (C=O) groups excluding carboxylic acids is 2. The summed E-state index contributed by atoms with van der Waals surface area (Å²) in [5.41, 5.74) is 1.33. The van der Waals surface area contributed by atoms with Gasteiger partial charge in [-0.2, -0.15) is 0 Å². The zero-order chi connectivity index (χ0) is 24.8. The molecular formula is C26H31Cl2N3O4. The molecule has 2 aliphatic heterocycles. The smallest absolute Gasteiger partial charge is 0.267 e. The molecule has 7 nitrogen and oxygen atoms in total. The topological polar surface area (TPSA) is 71.1 Å². The molecule has 0 spiro atoms. The SMILES string of the molecule is CC1Oc2ccc(NC(=O)CCCOc3ccc(Cl)cc3Cl)cc2N(CCN2CCCCC2)C1=O. The number of halogens is 2. The number of fused-ring (bicyclic) bond motifs is 1. The van der Waals surface area contributed by atoms with E-state index in [1.807, 2.05) is 12.1 Å². The largest absolute Gasteiger partial charge is 0.492 e. The van der Waals surface area contributed by atoms with E-state index < -0.39 is 6.10 Å². The van der Waals surface area contributed by atoms with Crippen molar-refractivity contribution in [3.63, 3.8) is 0 Å². The molecular weight excluding hydrogens is 489 g/mol. The molecule has 0 aromatic heterocycles. The minimum absolute atomic E-state index is 0.0593. The predicted octanol–water partition coefficient (Wildman–Crippen LogP) is 5.39. The number of carbonyl (C=O) groups is 2. The van der Waals surface area contributed by atoms with Crippen LogP contribution in [0.4, 0.5) is 11.4 Å². The van der Waals surface area contributed by atoms with Crippen LogP contribution in [0.1, 0.15) is 39.0 Å². The molecule has 0 radical (unpaired) electrons. The predicted molar refractivity (Wildman–Crippen MR) is 139 cm³/mol. The first-order valence-corrected chi connectivity index (χ1v) is 12.9. The Morgan fingerprint density at radius 1 is 1.11 bits per heavy atom. The zero-order valence-corrected chi connectivity index (χ0v) is 21.4. The summed E-state index contributed by atoms with van der Waals surface area (Å²) >= 11 is 12.0. The number of likely N-dealkylation sites (tertiary alicyclic amines) is 1. The molecule has 9 heteroatoms. The average Bonchev–Trinajstić information content (AvgIpc) is 2.84. The first-order chi connectivity index (χ1) is 16.9. The van der Waals surface area contributed by atoms with Gasteiger partial charge in [0.1, 0.15) is 11.5 Å². The molecule has 1 unspecified atom stereocenters. The maximum atomic E-state index is 12.9. The van der Waals surface area contributed by atoms with E-state index in [0.717, 1.165) is 19.6 Å². The Morgan fingerprint density at radius 3 is 2.69 bits per heavy atom. The Balaban J connectivity index is 1.32. The number of rotatable bonds is 9. The van der Waals surface area contributed by atoms with E-state index in [0.29, 0.717) is 52.5 Å². The van der Waals surface area contributed by atoms with E-state index in [4.69, 9.17) is 32.7 Å². The standard InChI is InChI=1S/C26H31Cl2N3O4/c1-18-26(33)31(14-13-30-11-3-2-4-12-30)22-17-20(8-10-24(22)35-18)29-25(32)6-5-15-34-23-9-7-19(27)16-21(23)28/h7-10,16-18H,2-6,11-15H2,1H3,(H,29,32). The maximum Gasteiger partial charge on any atom is 0.267 e. The van der Waals surface area contributed by atoms with Gasteiger partial charge in [0.15, 0.2) is 6.10 Å². The van der Waals surface area contributed by atoms with Crippen molar-refractivity contribution < 1.29 is 19.1 Å². The van der Waals surface area contributed by atoms with Gasteiger partial charge in [0.25, 0.3) is 5.91 Å². The van der Waals surface area contributed by atoms with Gasteiger partial charge in [0.2, 0.25) is 5.91 Å². The average molecular weight is 520 g/mol. The lowest BCUT2D eigenvalue weighted by molar-refractivity contribution is -0.125. The second kappa shape index (κ2) is 12.0. The second-order valence-corrected chi connectivity index (χ2v) is 9.75. The number of benzene rings is 2. The van der Waals surface area contributed by atoms with Crippen LogP contribution in [-0.2, 0) is 9.59 Å². The van der Waals surface area contributed by atoms with E-state index in [2.05, 4.69) is 10.2 Å². The molecule has 1 fully saturated rings. The molecule has 0 bridgehead atoms. The monoisotopic (exact) mass is 519 g/mol. The Kier molecular flexibility index (Phi) is 8.76. The van der Waals surface area contributed by atoms with Gasteiger partial charge in [-0.15, -0.1) is 0 Å². The van der Waals surface area contributed by atoms with E-state index in [1.54, 1.807) is 36.1 Å². The molecule has 2 aromatic rings. The lowest BCUT2D eigenvalue weighted by Gasteiger charge is -2.35. The van der Waals surface area contributed by atoms with Crippen LogP contribution in [0, 0.1) is 0 Å². The Hall–Kier alpha value is -2.48. The summed E-state index contributed by atoms with van der Waals surface area (Å²) in [7, 11) is 0. The fourth-order valence-electron chi connectivity index (χ4n) is 4.37. The third-order valence-corrected chi connectivity index (χ3v) is 6.77.